The summed E-state index contributed by atoms with van der Waals surface area (Å²) in [6.07, 6.45) is -3.96. The van der Waals surface area contributed by atoms with E-state index in [4.69, 9.17) is 5.84 Å². The van der Waals surface area contributed by atoms with Crippen LogP contribution in [0.2, 0.25) is 0 Å². The maximum absolute atomic E-state index is 12.6. The van der Waals surface area contributed by atoms with E-state index in [2.05, 4.69) is 20.6 Å². The third-order valence-electron chi connectivity index (χ3n) is 2.43. The molecule has 118 valence electrons. The molecule has 1 aromatic heterocycles. The number of anilines is 2. The van der Waals surface area contributed by atoms with Crippen molar-refractivity contribution < 1.29 is 18.0 Å². The molecule has 21 heavy (non-hydrogen) atoms. The number of carbonyl (C=O) groups is 1. The highest BCUT2D eigenvalue weighted by Gasteiger charge is 2.35. The van der Waals surface area contributed by atoms with Crippen LogP contribution < -0.4 is 21.9 Å². The fraction of sp³-hybridized carbons (Fsp3) is 0.545. The van der Waals surface area contributed by atoms with Crippen molar-refractivity contribution in [3.8, 4) is 0 Å². The molecule has 7 nitrogen and oxygen atoms in total. The summed E-state index contributed by atoms with van der Waals surface area (Å²) in [5, 5.41) is 5.20. The molecule has 1 atom stereocenters. The lowest BCUT2D eigenvalue weighted by molar-refractivity contribution is -0.144. The Kier molecular flexibility index (Phi) is 5.70. The van der Waals surface area contributed by atoms with E-state index in [1.54, 1.807) is 0 Å². The lowest BCUT2D eigenvalue weighted by Gasteiger charge is -2.16. The minimum atomic E-state index is -4.71. The number of carbonyl (C=O) groups excluding carboxylic acids is 1. The standard InChI is InChI=1S/C11H17F3N6O/c1-3-4-16-9(21)6(2)17-7-5-8(20-15)19-10(18-7)11(12,13)14/h5-6H,3-4,15H2,1-2H3,(H,16,21)(H2,17,18,19,20). The molecule has 0 aliphatic carbocycles. The molecule has 0 aliphatic rings. The van der Waals surface area contributed by atoms with Crippen molar-refractivity contribution in [1.82, 2.24) is 15.3 Å². The number of rotatable bonds is 6. The van der Waals surface area contributed by atoms with Gasteiger partial charge in [0.1, 0.15) is 17.7 Å². The van der Waals surface area contributed by atoms with Crippen LogP contribution in [0.5, 0.6) is 0 Å². The van der Waals surface area contributed by atoms with Crippen LogP contribution in [-0.2, 0) is 11.0 Å². The Balaban J connectivity index is 2.89. The van der Waals surface area contributed by atoms with Gasteiger partial charge in [-0.05, 0) is 13.3 Å². The number of alkyl halides is 3. The van der Waals surface area contributed by atoms with Gasteiger partial charge >= 0.3 is 6.18 Å². The first-order valence-corrected chi connectivity index (χ1v) is 6.25. The van der Waals surface area contributed by atoms with Crippen LogP contribution in [0.3, 0.4) is 0 Å². The van der Waals surface area contributed by atoms with Gasteiger partial charge in [0, 0.05) is 12.6 Å². The molecule has 0 saturated carbocycles. The van der Waals surface area contributed by atoms with Gasteiger partial charge in [-0.3, -0.25) is 4.79 Å². The van der Waals surface area contributed by atoms with Gasteiger partial charge in [-0.25, -0.2) is 15.8 Å². The predicted octanol–water partition coefficient (Wildman–Crippen LogP) is 1.11. The molecule has 0 fully saturated rings. The van der Waals surface area contributed by atoms with Crippen molar-refractivity contribution in [2.24, 2.45) is 5.84 Å². The summed E-state index contributed by atoms with van der Waals surface area (Å²) >= 11 is 0. The number of nitrogen functional groups attached to an aromatic ring is 1. The van der Waals surface area contributed by atoms with Crippen LogP contribution in [-0.4, -0.2) is 28.5 Å². The fourth-order valence-electron chi connectivity index (χ4n) is 1.41. The summed E-state index contributed by atoms with van der Waals surface area (Å²) in [5.74, 6) is 3.03. The number of hydrogen-bond acceptors (Lipinski definition) is 6. The number of nitrogens with one attached hydrogen (secondary N) is 3. The van der Waals surface area contributed by atoms with Gasteiger partial charge in [0.05, 0.1) is 0 Å². The molecule has 0 aromatic carbocycles. The Morgan fingerprint density at radius 2 is 2.00 bits per heavy atom. The SMILES string of the molecule is CCCNC(=O)C(C)Nc1cc(NN)nc(C(F)(F)F)n1. The topological polar surface area (TPSA) is 105 Å². The van der Waals surface area contributed by atoms with E-state index in [0.29, 0.717) is 6.54 Å². The van der Waals surface area contributed by atoms with Gasteiger partial charge in [-0.2, -0.15) is 13.2 Å². The molecule has 1 amide bonds. The predicted molar refractivity (Wildman–Crippen MR) is 71.2 cm³/mol. The van der Waals surface area contributed by atoms with E-state index in [9.17, 15) is 18.0 Å². The largest absolute Gasteiger partial charge is 0.451 e. The molecule has 0 bridgehead atoms. The van der Waals surface area contributed by atoms with Gasteiger partial charge in [-0.1, -0.05) is 6.92 Å². The highest BCUT2D eigenvalue weighted by molar-refractivity contribution is 5.83. The number of nitrogens with two attached hydrogens (primary N) is 1. The molecule has 1 rings (SSSR count). The summed E-state index contributed by atoms with van der Waals surface area (Å²) in [6, 6.07) is 0.428. The van der Waals surface area contributed by atoms with E-state index >= 15 is 0 Å². The van der Waals surface area contributed by atoms with E-state index in [-0.39, 0.29) is 17.5 Å². The second-order valence-corrected chi connectivity index (χ2v) is 4.26. The number of hydrazine groups is 1. The Morgan fingerprint density at radius 1 is 1.38 bits per heavy atom. The average Bonchev–Trinajstić information content (AvgIpc) is 2.43. The number of amides is 1. The second-order valence-electron chi connectivity index (χ2n) is 4.26. The van der Waals surface area contributed by atoms with Crippen molar-refractivity contribution in [3.05, 3.63) is 11.9 Å². The monoisotopic (exact) mass is 306 g/mol. The quantitative estimate of drug-likeness (QED) is 0.463. The summed E-state index contributed by atoms with van der Waals surface area (Å²) in [4.78, 5) is 18.2. The molecule has 0 spiro atoms. The Labute approximate surface area is 119 Å². The van der Waals surface area contributed by atoms with Gasteiger partial charge < -0.3 is 16.1 Å². The summed E-state index contributed by atoms with van der Waals surface area (Å²) in [5.41, 5.74) is 2.02. The van der Waals surface area contributed by atoms with Crippen molar-refractivity contribution in [2.75, 3.05) is 17.3 Å². The molecule has 0 radical (unpaired) electrons. The molecular formula is C11H17F3N6O. The Hall–Kier alpha value is -2.10. The molecule has 1 unspecified atom stereocenters. The first kappa shape index (κ1) is 17.0. The lowest BCUT2D eigenvalue weighted by atomic mass is 10.3. The zero-order valence-electron chi connectivity index (χ0n) is 11.6. The molecule has 5 N–H and O–H groups in total. The minimum absolute atomic E-state index is 0.149. The van der Waals surface area contributed by atoms with Crippen LogP contribution in [0, 0.1) is 0 Å². The summed E-state index contributed by atoms with van der Waals surface area (Å²) in [7, 11) is 0. The number of hydrogen-bond donors (Lipinski definition) is 4. The smallest absolute Gasteiger partial charge is 0.358 e. The van der Waals surface area contributed by atoms with Gasteiger partial charge in [-0.15, -0.1) is 0 Å². The Morgan fingerprint density at radius 3 is 2.52 bits per heavy atom. The first-order valence-electron chi connectivity index (χ1n) is 6.25. The second kappa shape index (κ2) is 7.07. The maximum Gasteiger partial charge on any atom is 0.451 e. The summed E-state index contributed by atoms with van der Waals surface area (Å²) < 4.78 is 37.9. The fourth-order valence-corrected chi connectivity index (χ4v) is 1.41. The number of nitrogens with zero attached hydrogens (tertiary/aromatic N) is 2. The Bertz CT molecular complexity index is 493. The van der Waals surface area contributed by atoms with Crippen LogP contribution in [0.1, 0.15) is 26.1 Å². The minimum Gasteiger partial charge on any atom is -0.358 e. The molecule has 0 aliphatic heterocycles. The maximum atomic E-state index is 12.6. The molecule has 1 aromatic rings. The van der Waals surface area contributed by atoms with E-state index in [1.165, 1.54) is 13.0 Å². The van der Waals surface area contributed by atoms with Crippen LogP contribution in [0.25, 0.3) is 0 Å². The van der Waals surface area contributed by atoms with Crippen LogP contribution >= 0.6 is 0 Å². The zero-order valence-corrected chi connectivity index (χ0v) is 11.6. The van der Waals surface area contributed by atoms with Crippen molar-refractivity contribution in [2.45, 2.75) is 32.5 Å². The first-order chi connectivity index (χ1) is 9.77. The third-order valence-corrected chi connectivity index (χ3v) is 2.43. The number of aromatic nitrogens is 2. The number of halogens is 3. The van der Waals surface area contributed by atoms with Gasteiger partial charge in [0.25, 0.3) is 0 Å². The third kappa shape index (κ3) is 5.06. The van der Waals surface area contributed by atoms with E-state index < -0.39 is 18.0 Å². The van der Waals surface area contributed by atoms with Gasteiger partial charge in [0.2, 0.25) is 11.7 Å². The zero-order chi connectivity index (χ0) is 16.0. The van der Waals surface area contributed by atoms with Crippen LogP contribution in [0.4, 0.5) is 24.8 Å². The van der Waals surface area contributed by atoms with E-state index in [0.717, 1.165) is 6.42 Å². The van der Waals surface area contributed by atoms with Crippen molar-refractivity contribution in [3.63, 3.8) is 0 Å². The molecule has 1 heterocycles. The average molecular weight is 306 g/mol. The van der Waals surface area contributed by atoms with Gasteiger partial charge in [0.15, 0.2) is 0 Å². The lowest BCUT2D eigenvalue weighted by Crippen LogP contribution is -2.38. The van der Waals surface area contributed by atoms with Crippen LogP contribution in [0.15, 0.2) is 6.07 Å². The molecular weight excluding hydrogens is 289 g/mol. The normalized spacial score (nSPS) is 12.7. The highest BCUT2D eigenvalue weighted by Crippen LogP contribution is 2.28. The van der Waals surface area contributed by atoms with Crippen molar-refractivity contribution in [1.29, 1.82) is 0 Å². The highest BCUT2D eigenvalue weighted by atomic mass is 19.4. The molecule has 10 heteroatoms. The van der Waals surface area contributed by atoms with Crippen molar-refractivity contribution >= 4 is 17.5 Å². The summed E-state index contributed by atoms with van der Waals surface area (Å²) in [6.45, 7) is 3.88. The van der Waals surface area contributed by atoms with E-state index in [1.807, 2.05) is 12.3 Å². The molecule has 0 saturated heterocycles.